The minimum atomic E-state index is -0.797. The molecule has 0 saturated heterocycles. The number of anilines is 1. The maximum absolute atomic E-state index is 13.9. The van der Waals surface area contributed by atoms with Crippen LogP contribution in [0.4, 0.5) is 10.1 Å². The Kier molecular flexibility index (Phi) is 6.77. The smallest absolute Gasteiger partial charge is 0.269 e. The molecule has 3 aromatic rings. The van der Waals surface area contributed by atoms with Gasteiger partial charge >= 0.3 is 0 Å². The second-order valence-corrected chi connectivity index (χ2v) is 7.95. The molecule has 1 aromatic heterocycles. The summed E-state index contributed by atoms with van der Waals surface area (Å²) >= 11 is 4.45. The molecule has 0 radical (unpaired) electrons. The summed E-state index contributed by atoms with van der Waals surface area (Å²) in [7, 11) is 0. The Balaban J connectivity index is 2.20. The van der Waals surface area contributed by atoms with Gasteiger partial charge < -0.3 is 5.32 Å². The van der Waals surface area contributed by atoms with E-state index >= 15 is 0 Å². The van der Waals surface area contributed by atoms with E-state index < -0.39 is 11.7 Å². The van der Waals surface area contributed by atoms with Crippen molar-refractivity contribution >= 4 is 50.5 Å². The normalized spacial score (nSPS) is 12.2. The van der Waals surface area contributed by atoms with Gasteiger partial charge in [0.2, 0.25) is 0 Å². The van der Waals surface area contributed by atoms with Crippen LogP contribution in [-0.2, 0) is 11.3 Å². The van der Waals surface area contributed by atoms with Crippen LogP contribution in [-0.4, -0.2) is 10.5 Å². The number of benzene rings is 2. The third-order valence-electron chi connectivity index (χ3n) is 4.09. The average molecular weight is 484 g/mol. The van der Waals surface area contributed by atoms with Gasteiger partial charge in [0.1, 0.15) is 16.5 Å². The Bertz CT molecular complexity index is 1350. The number of rotatable bonds is 5. The molecule has 0 bridgehead atoms. The largest absolute Gasteiger partial charge is 0.319 e. The Morgan fingerprint density at radius 1 is 1.27 bits per heavy atom. The zero-order valence-corrected chi connectivity index (χ0v) is 18.0. The molecule has 2 aromatic carbocycles. The number of para-hydroxylation sites is 1. The van der Waals surface area contributed by atoms with Crippen molar-refractivity contribution in [2.45, 2.75) is 6.54 Å². The summed E-state index contributed by atoms with van der Waals surface area (Å²) in [6, 6.07) is 14.9. The van der Waals surface area contributed by atoms with Crippen LogP contribution in [0.2, 0.25) is 0 Å². The van der Waals surface area contributed by atoms with Crippen LogP contribution in [0.5, 0.6) is 0 Å². The second-order valence-electron chi connectivity index (χ2n) is 6.06. The van der Waals surface area contributed by atoms with E-state index in [-0.39, 0.29) is 28.0 Å². The molecule has 1 amide bonds. The van der Waals surface area contributed by atoms with Gasteiger partial charge in [0, 0.05) is 11.0 Å². The zero-order chi connectivity index (χ0) is 21.7. The molecule has 30 heavy (non-hydrogen) atoms. The van der Waals surface area contributed by atoms with Crippen LogP contribution < -0.4 is 20.1 Å². The van der Waals surface area contributed by atoms with Crippen LogP contribution in [0.1, 0.15) is 5.56 Å². The molecule has 0 aliphatic carbocycles. The predicted molar refractivity (Wildman–Crippen MR) is 120 cm³/mol. The number of nitriles is 1. The lowest BCUT2D eigenvalue weighted by Crippen LogP contribution is -2.33. The van der Waals surface area contributed by atoms with Crippen molar-refractivity contribution in [3.8, 4) is 6.07 Å². The molecule has 5 nitrogen and oxygen atoms in total. The van der Waals surface area contributed by atoms with Gasteiger partial charge in [-0.05, 0) is 29.8 Å². The lowest BCUT2D eigenvalue weighted by Gasteiger charge is -2.05. The summed E-state index contributed by atoms with van der Waals surface area (Å²) in [6.07, 6.45) is 3.19. The number of hydrogen-bond acceptors (Lipinski definition) is 4. The number of aromatic nitrogens is 1. The van der Waals surface area contributed by atoms with Crippen LogP contribution in [0, 0.1) is 17.1 Å². The predicted octanol–water partition coefficient (Wildman–Crippen LogP) is 3.14. The molecule has 8 heteroatoms. The van der Waals surface area contributed by atoms with Gasteiger partial charge in [0.25, 0.3) is 11.5 Å². The van der Waals surface area contributed by atoms with Gasteiger partial charge in [-0.1, -0.05) is 52.3 Å². The fraction of sp³-hybridized carbons (Fsp3) is 0.0455. The molecule has 0 atom stereocenters. The number of hydrogen-bond donors (Lipinski definition) is 1. The summed E-state index contributed by atoms with van der Waals surface area (Å²) in [4.78, 5) is 25.6. The number of allylic oxidation sites excluding steroid dienone is 1. The number of nitrogens with one attached hydrogen (secondary N) is 1. The quantitative estimate of drug-likeness (QED) is 0.566. The van der Waals surface area contributed by atoms with Crippen molar-refractivity contribution in [3.63, 3.8) is 0 Å². The minimum Gasteiger partial charge on any atom is -0.319 e. The number of carbonyl (C=O) groups excluding carboxylic acids is 1. The summed E-state index contributed by atoms with van der Waals surface area (Å²) < 4.78 is 16.5. The first-order valence-electron chi connectivity index (χ1n) is 8.73. The van der Waals surface area contributed by atoms with Gasteiger partial charge in [-0.25, -0.2) is 4.39 Å². The standard InChI is InChI=1S/C22H15BrFN3O2S/c1-2-11-27-21(29)19(12-14-7-3-4-8-16(14)23)30-22(27)15(13-25)20(28)26-18-10-6-5-9-17(18)24/h2-10,12H,1,11H2,(H,26,28)/b19-12-,22-15-. The number of nitrogens with zero attached hydrogens (tertiary/aromatic N) is 2. The van der Waals surface area contributed by atoms with E-state index in [2.05, 4.69) is 27.8 Å². The van der Waals surface area contributed by atoms with Crippen LogP contribution in [0.3, 0.4) is 0 Å². The number of amides is 1. The highest BCUT2D eigenvalue weighted by Gasteiger charge is 2.17. The minimum absolute atomic E-state index is 0.0515. The first-order chi connectivity index (χ1) is 14.5. The molecule has 0 saturated carbocycles. The molecule has 3 rings (SSSR count). The van der Waals surface area contributed by atoms with E-state index in [4.69, 9.17) is 0 Å². The fourth-order valence-corrected chi connectivity index (χ4v) is 4.18. The highest BCUT2D eigenvalue weighted by Crippen LogP contribution is 2.16. The second kappa shape index (κ2) is 9.48. The highest BCUT2D eigenvalue weighted by molar-refractivity contribution is 9.10. The molecule has 1 heterocycles. The Morgan fingerprint density at radius 2 is 1.97 bits per heavy atom. The SMILES string of the molecule is C=CCn1c(=O)/c(=C/c2ccccc2Br)s/c1=C(/C#N)C(=O)Nc1ccccc1F. The fourth-order valence-electron chi connectivity index (χ4n) is 2.68. The first kappa shape index (κ1) is 21.4. The summed E-state index contributed by atoms with van der Waals surface area (Å²) in [5.74, 6) is -1.42. The van der Waals surface area contributed by atoms with E-state index in [1.807, 2.05) is 30.3 Å². The maximum Gasteiger partial charge on any atom is 0.269 e. The molecule has 0 aliphatic heterocycles. The van der Waals surface area contributed by atoms with Crippen molar-refractivity contribution in [2.24, 2.45) is 0 Å². The highest BCUT2D eigenvalue weighted by atomic mass is 79.9. The third kappa shape index (κ3) is 4.48. The van der Waals surface area contributed by atoms with E-state index in [9.17, 15) is 19.2 Å². The van der Waals surface area contributed by atoms with Crippen LogP contribution >= 0.6 is 27.3 Å². The number of halogens is 2. The molecule has 0 aliphatic rings. The van der Waals surface area contributed by atoms with E-state index in [1.165, 1.54) is 28.8 Å². The van der Waals surface area contributed by atoms with Gasteiger partial charge in [0.15, 0.2) is 5.57 Å². The lowest BCUT2D eigenvalue weighted by molar-refractivity contribution is -0.111. The van der Waals surface area contributed by atoms with E-state index in [0.717, 1.165) is 21.4 Å². The summed E-state index contributed by atoms with van der Waals surface area (Å²) in [5, 5.41) is 12.0. The summed E-state index contributed by atoms with van der Waals surface area (Å²) in [5.41, 5.74) is 0.0953. The molecule has 150 valence electrons. The molecule has 1 N–H and O–H groups in total. The molecular formula is C22H15BrFN3O2S. The zero-order valence-electron chi connectivity index (χ0n) is 15.6. The maximum atomic E-state index is 13.9. The number of carbonyl (C=O) groups is 1. The monoisotopic (exact) mass is 483 g/mol. The number of thiazole rings is 1. The summed E-state index contributed by atoms with van der Waals surface area (Å²) in [6.45, 7) is 3.76. The third-order valence-corrected chi connectivity index (χ3v) is 5.94. The van der Waals surface area contributed by atoms with Gasteiger partial charge in [-0.2, -0.15) is 5.26 Å². The van der Waals surface area contributed by atoms with Crippen molar-refractivity contribution in [1.29, 1.82) is 5.26 Å². The topological polar surface area (TPSA) is 74.9 Å². The van der Waals surface area contributed by atoms with Gasteiger partial charge in [-0.3, -0.25) is 14.2 Å². The van der Waals surface area contributed by atoms with Crippen molar-refractivity contribution in [3.05, 3.63) is 96.6 Å². The van der Waals surface area contributed by atoms with Gasteiger partial charge in [-0.15, -0.1) is 17.9 Å². The Morgan fingerprint density at radius 3 is 2.63 bits per heavy atom. The molecular weight excluding hydrogens is 469 g/mol. The average Bonchev–Trinajstić information content (AvgIpc) is 3.02. The molecule has 0 spiro atoms. The lowest BCUT2D eigenvalue weighted by atomic mass is 10.2. The molecule has 0 fully saturated rings. The van der Waals surface area contributed by atoms with Gasteiger partial charge in [0.05, 0.1) is 10.2 Å². The van der Waals surface area contributed by atoms with Crippen molar-refractivity contribution in [2.75, 3.05) is 5.32 Å². The van der Waals surface area contributed by atoms with Crippen molar-refractivity contribution in [1.82, 2.24) is 4.57 Å². The van der Waals surface area contributed by atoms with E-state index in [0.29, 0.717) is 4.53 Å². The Labute approximate surface area is 183 Å². The van der Waals surface area contributed by atoms with Crippen molar-refractivity contribution < 1.29 is 9.18 Å². The van der Waals surface area contributed by atoms with E-state index in [1.54, 1.807) is 12.1 Å². The first-order valence-corrected chi connectivity index (χ1v) is 10.3. The Hall–Kier alpha value is -3.28. The van der Waals surface area contributed by atoms with Crippen LogP contribution in [0.15, 0.2) is 70.5 Å². The van der Waals surface area contributed by atoms with Crippen LogP contribution in [0.25, 0.3) is 11.6 Å². The molecule has 0 unspecified atom stereocenters.